The van der Waals surface area contributed by atoms with Gasteiger partial charge in [-0.2, -0.15) is 0 Å². The number of nitrogens with zero attached hydrogens (tertiary/aromatic N) is 4. The molecule has 2 aromatic heterocycles. The summed E-state index contributed by atoms with van der Waals surface area (Å²) < 4.78 is 6.23. The highest BCUT2D eigenvalue weighted by molar-refractivity contribution is 8.00. The summed E-state index contributed by atoms with van der Waals surface area (Å²) >= 11 is 8.90. The van der Waals surface area contributed by atoms with Gasteiger partial charge < -0.3 is 9.84 Å². The SMILES string of the molecule is CCCOc1ccc(/C(O)=C2/C(=O)C(=O)N(c3nnc(SCc4ccccc4Cl)s3)C2c2ccncc2)cc1. The molecule has 4 aromatic rings. The first-order valence-corrected chi connectivity index (χ1v) is 14.3. The molecule has 0 radical (unpaired) electrons. The van der Waals surface area contributed by atoms with E-state index in [9.17, 15) is 14.7 Å². The van der Waals surface area contributed by atoms with E-state index in [4.69, 9.17) is 16.3 Å². The van der Waals surface area contributed by atoms with Crippen LogP contribution in [0.25, 0.3) is 5.76 Å². The summed E-state index contributed by atoms with van der Waals surface area (Å²) in [5.74, 6) is -0.660. The number of halogens is 1. The van der Waals surface area contributed by atoms with Gasteiger partial charge in [0.2, 0.25) is 5.13 Å². The lowest BCUT2D eigenvalue weighted by atomic mass is 9.96. The van der Waals surface area contributed by atoms with Crippen LogP contribution in [-0.4, -0.2) is 38.6 Å². The Hall–Kier alpha value is -3.73. The number of aromatic nitrogens is 3. The first kappa shape index (κ1) is 26.9. The van der Waals surface area contributed by atoms with Gasteiger partial charge in [0.25, 0.3) is 5.78 Å². The molecule has 0 aliphatic carbocycles. The van der Waals surface area contributed by atoms with Crippen molar-refractivity contribution in [3.63, 3.8) is 0 Å². The molecule has 5 rings (SSSR count). The number of rotatable bonds is 9. The first-order chi connectivity index (χ1) is 19.0. The van der Waals surface area contributed by atoms with Crippen molar-refractivity contribution in [3.8, 4) is 5.75 Å². The van der Waals surface area contributed by atoms with Crippen molar-refractivity contribution in [1.29, 1.82) is 0 Å². The number of carbonyl (C=O) groups excluding carboxylic acids is 2. The molecule has 3 heterocycles. The predicted octanol–water partition coefficient (Wildman–Crippen LogP) is 6.29. The average Bonchev–Trinajstić information content (AvgIpc) is 3.53. The number of carbonyl (C=O) groups is 2. The van der Waals surface area contributed by atoms with E-state index in [1.54, 1.807) is 48.8 Å². The molecule has 8 nitrogen and oxygen atoms in total. The van der Waals surface area contributed by atoms with Gasteiger partial charge in [-0.15, -0.1) is 10.2 Å². The highest BCUT2D eigenvalue weighted by atomic mass is 35.5. The number of aliphatic hydroxyl groups is 1. The fourth-order valence-corrected chi connectivity index (χ4v) is 6.24. The third-order valence-corrected chi connectivity index (χ3v) is 8.45. The summed E-state index contributed by atoms with van der Waals surface area (Å²) in [5.41, 5.74) is 1.91. The number of ketones is 1. The number of hydrogen-bond acceptors (Lipinski definition) is 9. The predicted molar refractivity (Wildman–Crippen MR) is 152 cm³/mol. The fraction of sp³-hybridized carbons (Fsp3) is 0.179. The Morgan fingerprint density at radius 3 is 2.54 bits per heavy atom. The van der Waals surface area contributed by atoms with E-state index in [1.165, 1.54) is 28.0 Å². The quantitative estimate of drug-likeness (QED) is 0.0811. The molecular weight excluding hydrogens is 556 g/mol. The summed E-state index contributed by atoms with van der Waals surface area (Å²) in [6.45, 7) is 2.58. The van der Waals surface area contributed by atoms with Gasteiger partial charge in [0.15, 0.2) is 4.34 Å². The lowest BCUT2D eigenvalue weighted by Gasteiger charge is -2.22. The van der Waals surface area contributed by atoms with Crippen LogP contribution in [0.1, 0.15) is 36.1 Å². The van der Waals surface area contributed by atoms with Gasteiger partial charge in [-0.3, -0.25) is 19.5 Å². The second-order valence-electron chi connectivity index (χ2n) is 8.55. The topological polar surface area (TPSA) is 106 Å². The van der Waals surface area contributed by atoms with Gasteiger partial charge in [0.05, 0.1) is 18.2 Å². The summed E-state index contributed by atoms with van der Waals surface area (Å²) in [7, 11) is 0. The average molecular weight is 579 g/mol. The van der Waals surface area contributed by atoms with Gasteiger partial charge in [-0.05, 0) is 60.0 Å². The molecular formula is C28H23ClN4O4S2. The van der Waals surface area contributed by atoms with E-state index in [0.717, 1.165) is 12.0 Å². The van der Waals surface area contributed by atoms with Crippen LogP contribution < -0.4 is 9.64 Å². The Morgan fingerprint density at radius 2 is 1.82 bits per heavy atom. The number of pyridine rings is 1. The highest BCUT2D eigenvalue weighted by Crippen LogP contribution is 2.44. The Bertz CT molecular complexity index is 1530. The van der Waals surface area contributed by atoms with E-state index in [1.807, 2.05) is 31.2 Å². The van der Waals surface area contributed by atoms with Gasteiger partial charge in [0, 0.05) is 28.7 Å². The molecule has 0 bridgehead atoms. The van der Waals surface area contributed by atoms with Crippen molar-refractivity contribution in [2.24, 2.45) is 0 Å². The van der Waals surface area contributed by atoms with Gasteiger partial charge in [0.1, 0.15) is 11.5 Å². The Labute approximate surface area is 238 Å². The van der Waals surface area contributed by atoms with E-state index < -0.39 is 17.7 Å². The van der Waals surface area contributed by atoms with E-state index >= 15 is 0 Å². The van der Waals surface area contributed by atoms with Crippen LogP contribution in [0.3, 0.4) is 0 Å². The minimum atomic E-state index is -0.904. The van der Waals surface area contributed by atoms with Crippen molar-refractivity contribution >= 4 is 57.3 Å². The molecule has 2 aromatic carbocycles. The van der Waals surface area contributed by atoms with Crippen molar-refractivity contribution in [2.75, 3.05) is 11.5 Å². The Morgan fingerprint density at radius 1 is 1.08 bits per heavy atom. The maximum Gasteiger partial charge on any atom is 0.301 e. The maximum absolute atomic E-state index is 13.4. The number of Topliss-reactive ketones (excluding diaryl/α,β-unsaturated/α-hetero) is 1. The van der Waals surface area contributed by atoms with Gasteiger partial charge in [-0.1, -0.05) is 59.8 Å². The zero-order chi connectivity index (χ0) is 27.4. The minimum Gasteiger partial charge on any atom is -0.507 e. The molecule has 39 heavy (non-hydrogen) atoms. The second kappa shape index (κ2) is 12.0. The van der Waals surface area contributed by atoms with Crippen LogP contribution in [0.5, 0.6) is 5.75 Å². The Balaban J connectivity index is 1.49. The van der Waals surface area contributed by atoms with Crippen LogP contribution in [0.2, 0.25) is 5.02 Å². The molecule has 1 saturated heterocycles. The largest absolute Gasteiger partial charge is 0.507 e. The highest BCUT2D eigenvalue weighted by Gasteiger charge is 2.48. The molecule has 198 valence electrons. The third-order valence-electron chi connectivity index (χ3n) is 5.98. The van der Waals surface area contributed by atoms with Crippen molar-refractivity contribution in [2.45, 2.75) is 29.5 Å². The first-order valence-electron chi connectivity index (χ1n) is 12.1. The van der Waals surface area contributed by atoms with Crippen molar-refractivity contribution < 1.29 is 19.4 Å². The van der Waals surface area contributed by atoms with Crippen LogP contribution in [0.4, 0.5) is 5.13 Å². The molecule has 1 N–H and O–H groups in total. The van der Waals surface area contributed by atoms with E-state index in [0.29, 0.717) is 38.6 Å². The summed E-state index contributed by atoms with van der Waals surface area (Å²) in [6.07, 6.45) is 4.00. The molecule has 0 spiro atoms. The number of amides is 1. The second-order valence-corrected chi connectivity index (χ2v) is 11.1. The number of thioether (sulfide) groups is 1. The van der Waals surface area contributed by atoms with Gasteiger partial charge >= 0.3 is 5.91 Å². The van der Waals surface area contributed by atoms with Crippen LogP contribution in [-0.2, 0) is 15.3 Å². The third kappa shape index (κ3) is 5.68. The Kier molecular flexibility index (Phi) is 8.25. The van der Waals surface area contributed by atoms with Crippen molar-refractivity contribution in [1.82, 2.24) is 15.2 Å². The van der Waals surface area contributed by atoms with Crippen molar-refractivity contribution in [3.05, 3.63) is 100 Å². The molecule has 1 aliphatic rings. The molecule has 1 unspecified atom stereocenters. The molecule has 1 atom stereocenters. The standard InChI is InChI=1S/C28H23ClN4O4S2/c1-2-15-37-20-9-7-18(8-10-20)24(34)22-23(17-11-13-30-14-12-17)33(26(36)25(22)35)27-31-32-28(39-27)38-16-19-5-3-4-6-21(19)29/h3-14,23,34H,2,15-16H2,1H3/b24-22-. The van der Waals surface area contributed by atoms with Crippen LogP contribution in [0, 0.1) is 0 Å². The summed E-state index contributed by atoms with van der Waals surface area (Å²) in [4.78, 5) is 32.0. The molecule has 1 fully saturated rings. The maximum atomic E-state index is 13.4. The molecule has 1 aliphatic heterocycles. The molecule has 0 saturated carbocycles. The number of ether oxygens (including phenoxy) is 1. The monoisotopic (exact) mass is 578 g/mol. The fourth-order valence-electron chi connectivity index (χ4n) is 4.09. The van der Waals surface area contributed by atoms with Gasteiger partial charge in [-0.25, -0.2) is 0 Å². The number of aliphatic hydroxyl groups excluding tert-OH is 1. The lowest BCUT2D eigenvalue weighted by Crippen LogP contribution is -2.29. The number of anilines is 1. The summed E-state index contributed by atoms with van der Waals surface area (Å²) in [6, 6.07) is 16.8. The molecule has 1 amide bonds. The number of hydrogen-bond donors (Lipinski definition) is 1. The lowest BCUT2D eigenvalue weighted by molar-refractivity contribution is -0.132. The smallest absolute Gasteiger partial charge is 0.301 e. The minimum absolute atomic E-state index is 0.0334. The van der Waals surface area contributed by atoms with Crippen LogP contribution >= 0.6 is 34.7 Å². The number of benzene rings is 2. The molecule has 11 heteroatoms. The zero-order valence-corrected chi connectivity index (χ0v) is 23.2. The van der Waals surface area contributed by atoms with Crippen LogP contribution in [0.15, 0.2) is 83.0 Å². The zero-order valence-electron chi connectivity index (χ0n) is 20.8. The van der Waals surface area contributed by atoms with E-state index in [-0.39, 0.29) is 16.5 Å². The normalized spacial score (nSPS) is 16.6. The summed E-state index contributed by atoms with van der Waals surface area (Å²) in [5, 5.41) is 20.7. The van der Waals surface area contributed by atoms with E-state index in [2.05, 4.69) is 15.2 Å².